The predicted molar refractivity (Wildman–Crippen MR) is 79.7 cm³/mol. The van der Waals surface area contributed by atoms with Gasteiger partial charge in [-0.05, 0) is 44.5 Å². The monoisotopic (exact) mass is 379 g/mol. The Hall–Kier alpha value is -1.24. The van der Waals surface area contributed by atoms with Gasteiger partial charge in [0.1, 0.15) is 5.60 Å². The molecular weight excluding hydrogens is 363 g/mol. The highest BCUT2D eigenvalue weighted by atomic mass is 79.9. The van der Waals surface area contributed by atoms with E-state index in [0.29, 0.717) is 23.1 Å². The van der Waals surface area contributed by atoms with E-state index in [2.05, 4.69) is 15.9 Å². The average molecular weight is 380 g/mol. The van der Waals surface area contributed by atoms with E-state index in [1.807, 2.05) is 0 Å². The molecule has 0 unspecified atom stereocenters. The number of amides is 1. The minimum atomic E-state index is -4.37. The van der Waals surface area contributed by atoms with Crippen molar-refractivity contribution in [2.24, 2.45) is 0 Å². The van der Waals surface area contributed by atoms with E-state index in [1.165, 1.54) is 11.0 Å². The number of carbonyl (C=O) groups is 1. The topological polar surface area (TPSA) is 29.5 Å². The lowest BCUT2D eigenvalue weighted by Crippen LogP contribution is -2.50. The zero-order chi connectivity index (χ0) is 16.7. The van der Waals surface area contributed by atoms with Crippen LogP contribution in [0.1, 0.15) is 37.8 Å². The van der Waals surface area contributed by atoms with E-state index in [1.54, 1.807) is 20.8 Å². The fourth-order valence-corrected chi connectivity index (χ4v) is 2.75. The summed E-state index contributed by atoms with van der Waals surface area (Å²) in [4.78, 5) is 13.3. The molecule has 1 amide bonds. The van der Waals surface area contributed by atoms with Gasteiger partial charge >= 0.3 is 12.3 Å². The van der Waals surface area contributed by atoms with Gasteiger partial charge in [-0.2, -0.15) is 13.2 Å². The molecule has 0 aliphatic carbocycles. The van der Waals surface area contributed by atoms with Crippen LogP contribution < -0.4 is 0 Å². The van der Waals surface area contributed by atoms with E-state index in [9.17, 15) is 18.0 Å². The second-order valence-electron chi connectivity index (χ2n) is 6.32. The van der Waals surface area contributed by atoms with Gasteiger partial charge in [-0.3, -0.25) is 0 Å². The number of likely N-dealkylation sites (tertiary alicyclic amines) is 1. The Balaban J connectivity index is 2.06. The summed E-state index contributed by atoms with van der Waals surface area (Å²) >= 11 is 3.28. The quantitative estimate of drug-likeness (QED) is 0.701. The molecule has 0 radical (unpaired) electrons. The highest BCUT2D eigenvalue weighted by molar-refractivity contribution is 9.10. The van der Waals surface area contributed by atoms with Gasteiger partial charge in [-0.1, -0.05) is 15.9 Å². The standard InChI is InChI=1S/C15H17BrF3NO2/c1-14(2,3)22-13(21)20-7-9(8-20)11-6-10(15(17,18)19)4-5-12(11)16/h4-6,9H,7-8H2,1-3H3. The number of nitrogens with zero attached hydrogens (tertiary/aromatic N) is 1. The van der Waals surface area contributed by atoms with Gasteiger partial charge in [0.15, 0.2) is 0 Å². The summed E-state index contributed by atoms with van der Waals surface area (Å²) in [6.07, 6.45) is -4.81. The van der Waals surface area contributed by atoms with Crippen LogP contribution in [0.2, 0.25) is 0 Å². The molecule has 1 aromatic rings. The molecule has 1 aliphatic heterocycles. The van der Waals surface area contributed by atoms with Crippen molar-refractivity contribution in [2.75, 3.05) is 13.1 Å². The van der Waals surface area contributed by atoms with Gasteiger partial charge in [-0.15, -0.1) is 0 Å². The van der Waals surface area contributed by atoms with Crippen molar-refractivity contribution in [1.82, 2.24) is 4.90 Å². The maximum absolute atomic E-state index is 12.8. The second kappa shape index (κ2) is 5.76. The first kappa shape index (κ1) is 17.1. The smallest absolute Gasteiger partial charge is 0.416 e. The van der Waals surface area contributed by atoms with Crippen LogP contribution >= 0.6 is 15.9 Å². The Morgan fingerprint density at radius 1 is 1.27 bits per heavy atom. The zero-order valence-corrected chi connectivity index (χ0v) is 14.1. The van der Waals surface area contributed by atoms with Crippen LogP contribution in [0.25, 0.3) is 0 Å². The average Bonchev–Trinajstić information content (AvgIpc) is 2.25. The summed E-state index contributed by atoms with van der Waals surface area (Å²) in [7, 11) is 0. The summed E-state index contributed by atoms with van der Waals surface area (Å²) in [5.74, 6) is -0.121. The van der Waals surface area contributed by atoms with Gasteiger partial charge in [0, 0.05) is 23.5 Å². The molecule has 7 heteroatoms. The van der Waals surface area contributed by atoms with Crippen LogP contribution in [0.3, 0.4) is 0 Å². The predicted octanol–water partition coefficient (Wildman–Crippen LogP) is 4.80. The van der Waals surface area contributed by atoms with Gasteiger partial charge in [-0.25, -0.2) is 4.79 Å². The van der Waals surface area contributed by atoms with Crippen LogP contribution in [0.15, 0.2) is 22.7 Å². The highest BCUT2D eigenvalue weighted by Crippen LogP contribution is 2.37. The molecule has 0 bridgehead atoms. The molecule has 22 heavy (non-hydrogen) atoms. The van der Waals surface area contributed by atoms with Crippen molar-refractivity contribution in [3.05, 3.63) is 33.8 Å². The molecule has 0 N–H and O–H groups in total. The molecule has 0 saturated carbocycles. The van der Waals surface area contributed by atoms with Crippen molar-refractivity contribution in [3.8, 4) is 0 Å². The number of hydrogen-bond donors (Lipinski definition) is 0. The molecule has 1 saturated heterocycles. The van der Waals surface area contributed by atoms with Crippen LogP contribution in [-0.4, -0.2) is 29.7 Å². The lowest BCUT2D eigenvalue weighted by atomic mass is 9.90. The number of ether oxygens (including phenoxy) is 1. The lowest BCUT2D eigenvalue weighted by Gasteiger charge is -2.40. The Morgan fingerprint density at radius 3 is 2.36 bits per heavy atom. The molecule has 3 nitrogen and oxygen atoms in total. The lowest BCUT2D eigenvalue weighted by molar-refractivity contribution is -0.137. The summed E-state index contributed by atoms with van der Waals surface area (Å²) in [6, 6.07) is 3.58. The Bertz CT molecular complexity index is 575. The number of halogens is 4. The molecular formula is C15H17BrF3NO2. The van der Waals surface area contributed by atoms with Gasteiger partial charge in [0.2, 0.25) is 0 Å². The molecule has 1 heterocycles. The second-order valence-corrected chi connectivity index (χ2v) is 7.17. The van der Waals surface area contributed by atoms with E-state index in [4.69, 9.17) is 4.74 Å². The maximum Gasteiger partial charge on any atom is 0.416 e. The van der Waals surface area contributed by atoms with Crippen molar-refractivity contribution < 1.29 is 22.7 Å². The fourth-order valence-electron chi connectivity index (χ4n) is 2.18. The molecule has 1 fully saturated rings. The van der Waals surface area contributed by atoms with Gasteiger partial charge in [0.05, 0.1) is 5.56 Å². The molecule has 0 spiro atoms. The van der Waals surface area contributed by atoms with Crippen LogP contribution in [-0.2, 0) is 10.9 Å². The van der Waals surface area contributed by atoms with Crippen LogP contribution in [0.4, 0.5) is 18.0 Å². The third-order valence-electron chi connectivity index (χ3n) is 3.30. The van der Waals surface area contributed by atoms with Crippen molar-refractivity contribution in [3.63, 3.8) is 0 Å². The Labute approximate surface area is 135 Å². The summed E-state index contributed by atoms with van der Waals surface area (Å²) in [5, 5.41) is 0. The third-order valence-corrected chi connectivity index (χ3v) is 4.02. The van der Waals surface area contributed by atoms with Crippen molar-refractivity contribution in [1.29, 1.82) is 0 Å². The van der Waals surface area contributed by atoms with E-state index in [0.717, 1.165) is 12.1 Å². The minimum Gasteiger partial charge on any atom is -0.444 e. The van der Waals surface area contributed by atoms with Crippen LogP contribution in [0, 0.1) is 0 Å². The largest absolute Gasteiger partial charge is 0.444 e. The molecule has 1 aromatic carbocycles. The summed E-state index contributed by atoms with van der Waals surface area (Å²) in [6.45, 7) is 6.02. The summed E-state index contributed by atoms with van der Waals surface area (Å²) in [5.41, 5.74) is -0.699. The minimum absolute atomic E-state index is 0.121. The van der Waals surface area contributed by atoms with E-state index >= 15 is 0 Å². The molecule has 2 rings (SSSR count). The Morgan fingerprint density at radius 2 is 1.86 bits per heavy atom. The summed E-state index contributed by atoms with van der Waals surface area (Å²) < 4.78 is 44.2. The van der Waals surface area contributed by atoms with E-state index in [-0.39, 0.29) is 5.92 Å². The van der Waals surface area contributed by atoms with E-state index < -0.39 is 23.4 Å². The SMILES string of the molecule is CC(C)(C)OC(=O)N1CC(c2cc(C(F)(F)F)ccc2Br)C1. The number of hydrogen-bond acceptors (Lipinski definition) is 2. The first-order chi connectivity index (χ1) is 9.97. The van der Waals surface area contributed by atoms with Crippen molar-refractivity contribution >= 4 is 22.0 Å². The highest BCUT2D eigenvalue weighted by Gasteiger charge is 2.37. The fraction of sp³-hybridized carbons (Fsp3) is 0.533. The molecule has 0 aromatic heterocycles. The zero-order valence-electron chi connectivity index (χ0n) is 12.5. The maximum atomic E-state index is 12.8. The number of alkyl halides is 3. The van der Waals surface area contributed by atoms with Crippen LogP contribution in [0.5, 0.6) is 0 Å². The molecule has 122 valence electrons. The third kappa shape index (κ3) is 3.94. The Kier molecular flexibility index (Phi) is 4.48. The van der Waals surface area contributed by atoms with Gasteiger partial charge < -0.3 is 9.64 Å². The number of benzene rings is 1. The van der Waals surface area contributed by atoms with Crippen molar-refractivity contribution in [2.45, 2.75) is 38.5 Å². The number of carbonyl (C=O) groups excluding carboxylic acids is 1. The first-order valence-corrected chi connectivity index (χ1v) is 7.61. The molecule has 1 aliphatic rings. The molecule has 0 atom stereocenters. The first-order valence-electron chi connectivity index (χ1n) is 6.82. The number of rotatable bonds is 1. The normalized spacial score (nSPS) is 16.4. The van der Waals surface area contributed by atoms with Gasteiger partial charge in [0.25, 0.3) is 0 Å².